The third-order valence-electron chi connectivity index (χ3n) is 3.89. The highest BCUT2D eigenvalue weighted by molar-refractivity contribution is 7.98. The van der Waals surface area contributed by atoms with E-state index in [1.807, 2.05) is 24.5 Å². The second kappa shape index (κ2) is 8.01. The first-order valence-corrected chi connectivity index (χ1v) is 9.19. The second-order valence-electron chi connectivity index (χ2n) is 5.63. The number of carbonyl (C=O) groups excluding carboxylic acids is 1. The van der Waals surface area contributed by atoms with Crippen LogP contribution in [0.3, 0.4) is 0 Å². The molecule has 0 spiro atoms. The molecule has 4 nitrogen and oxygen atoms in total. The minimum Gasteiger partial charge on any atom is -0.322 e. The lowest BCUT2D eigenvalue weighted by molar-refractivity contribution is 0.102. The number of nitrogens with zero attached hydrogens (tertiary/aromatic N) is 1. The first-order valence-electron chi connectivity index (χ1n) is 7.97. The zero-order valence-electron chi connectivity index (χ0n) is 14.1. The molecule has 0 aliphatic rings. The summed E-state index contributed by atoms with van der Waals surface area (Å²) in [4.78, 5) is 26.1. The molecule has 26 heavy (non-hydrogen) atoms. The van der Waals surface area contributed by atoms with Gasteiger partial charge in [0.2, 0.25) is 0 Å². The number of aromatic nitrogens is 1. The SMILES string of the molecule is CSc1cccc(NC(=O)c2cccn(Cc3ccccc3F)c2=O)c1. The van der Waals surface area contributed by atoms with E-state index in [2.05, 4.69) is 5.32 Å². The van der Waals surface area contributed by atoms with Crippen LogP contribution in [-0.4, -0.2) is 16.7 Å². The number of halogens is 1. The Morgan fingerprint density at radius 3 is 2.69 bits per heavy atom. The highest BCUT2D eigenvalue weighted by Crippen LogP contribution is 2.19. The van der Waals surface area contributed by atoms with Crippen molar-refractivity contribution in [3.63, 3.8) is 0 Å². The topological polar surface area (TPSA) is 51.1 Å². The Balaban J connectivity index is 1.85. The molecule has 0 bridgehead atoms. The molecule has 1 N–H and O–H groups in total. The van der Waals surface area contributed by atoms with Gasteiger partial charge in [-0.05, 0) is 42.7 Å². The number of anilines is 1. The maximum Gasteiger partial charge on any atom is 0.263 e. The molecule has 1 aromatic heterocycles. The zero-order valence-corrected chi connectivity index (χ0v) is 14.9. The van der Waals surface area contributed by atoms with Crippen LogP contribution in [0.2, 0.25) is 0 Å². The fraction of sp³-hybridized carbons (Fsp3) is 0.100. The van der Waals surface area contributed by atoms with Gasteiger partial charge in [0.15, 0.2) is 0 Å². The van der Waals surface area contributed by atoms with Crippen LogP contribution in [0.25, 0.3) is 0 Å². The van der Waals surface area contributed by atoms with Crippen molar-refractivity contribution in [1.29, 1.82) is 0 Å². The maximum absolute atomic E-state index is 13.8. The minimum atomic E-state index is -0.490. The van der Waals surface area contributed by atoms with Gasteiger partial charge in [-0.25, -0.2) is 4.39 Å². The molecule has 0 atom stereocenters. The monoisotopic (exact) mass is 368 g/mol. The summed E-state index contributed by atoms with van der Waals surface area (Å²) in [5, 5.41) is 2.74. The molecular weight excluding hydrogens is 351 g/mol. The van der Waals surface area contributed by atoms with E-state index >= 15 is 0 Å². The Hall–Kier alpha value is -2.86. The van der Waals surface area contributed by atoms with E-state index in [9.17, 15) is 14.0 Å². The first-order chi connectivity index (χ1) is 12.6. The van der Waals surface area contributed by atoms with Crippen LogP contribution < -0.4 is 10.9 Å². The second-order valence-corrected chi connectivity index (χ2v) is 6.51. The molecule has 0 aliphatic heterocycles. The van der Waals surface area contributed by atoms with Crippen molar-refractivity contribution < 1.29 is 9.18 Å². The summed E-state index contributed by atoms with van der Waals surface area (Å²) in [5.74, 6) is -0.876. The smallest absolute Gasteiger partial charge is 0.263 e. The van der Waals surface area contributed by atoms with E-state index in [0.717, 1.165) is 4.90 Å². The van der Waals surface area contributed by atoms with Gasteiger partial charge in [-0.15, -0.1) is 11.8 Å². The first kappa shape index (κ1) is 17.9. The lowest BCUT2D eigenvalue weighted by Crippen LogP contribution is -2.29. The van der Waals surface area contributed by atoms with Gasteiger partial charge in [0.25, 0.3) is 11.5 Å². The number of rotatable bonds is 5. The van der Waals surface area contributed by atoms with Crippen LogP contribution in [0, 0.1) is 5.82 Å². The summed E-state index contributed by atoms with van der Waals surface area (Å²) in [5.41, 5.74) is 0.554. The van der Waals surface area contributed by atoms with Crippen molar-refractivity contribution >= 4 is 23.4 Å². The van der Waals surface area contributed by atoms with Gasteiger partial charge in [-0.2, -0.15) is 0 Å². The van der Waals surface area contributed by atoms with Crippen molar-refractivity contribution in [2.45, 2.75) is 11.4 Å². The summed E-state index contributed by atoms with van der Waals surface area (Å²) in [6, 6.07) is 16.7. The average Bonchev–Trinajstić information content (AvgIpc) is 2.65. The molecule has 1 heterocycles. The normalized spacial score (nSPS) is 10.5. The molecular formula is C20H17FN2O2S. The molecule has 0 saturated heterocycles. The van der Waals surface area contributed by atoms with Crippen LogP contribution in [0.5, 0.6) is 0 Å². The molecule has 1 amide bonds. The Labute approximate surface area is 154 Å². The average molecular weight is 368 g/mol. The van der Waals surface area contributed by atoms with Crippen molar-refractivity contribution in [3.05, 3.63) is 94.2 Å². The fourth-order valence-electron chi connectivity index (χ4n) is 2.54. The van der Waals surface area contributed by atoms with Crippen LogP contribution in [-0.2, 0) is 6.54 Å². The predicted molar refractivity (Wildman–Crippen MR) is 102 cm³/mol. The van der Waals surface area contributed by atoms with Gasteiger partial charge in [0.05, 0.1) is 6.54 Å². The molecule has 3 rings (SSSR count). The van der Waals surface area contributed by atoms with Gasteiger partial charge in [0, 0.05) is 22.3 Å². The molecule has 6 heteroatoms. The van der Waals surface area contributed by atoms with E-state index in [-0.39, 0.29) is 17.9 Å². The number of pyridine rings is 1. The third kappa shape index (κ3) is 4.03. The molecule has 0 saturated carbocycles. The number of nitrogens with one attached hydrogen (secondary N) is 1. The lowest BCUT2D eigenvalue weighted by Gasteiger charge is -2.10. The van der Waals surface area contributed by atoms with Crippen LogP contribution >= 0.6 is 11.8 Å². The predicted octanol–water partition coefficient (Wildman–Crippen LogP) is 4.01. The standard InChI is InChI=1S/C20H17FN2O2S/c1-26-16-8-4-7-15(12-16)22-19(24)17-9-5-11-23(20(17)25)13-14-6-2-3-10-18(14)21/h2-12H,13H2,1H3,(H,22,24). The van der Waals surface area contributed by atoms with E-state index in [1.165, 1.54) is 16.7 Å². The summed E-state index contributed by atoms with van der Waals surface area (Å²) in [6.07, 6.45) is 3.49. The molecule has 132 valence electrons. The molecule has 3 aromatic rings. The quantitative estimate of drug-likeness (QED) is 0.693. The number of thioether (sulfide) groups is 1. The van der Waals surface area contributed by atoms with Crippen molar-refractivity contribution in [1.82, 2.24) is 4.57 Å². The third-order valence-corrected chi connectivity index (χ3v) is 4.62. The van der Waals surface area contributed by atoms with Gasteiger partial charge in [0.1, 0.15) is 11.4 Å². The minimum absolute atomic E-state index is 0.0124. The Morgan fingerprint density at radius 1 is 1.12 bits per heavy atom. The largest absolute Gasteiger partial charge is 0.322 e. The molecule has 0 fully saturated rings. The highest BCUT2D eigenvalue weighted by Gasteiger charge is 2.13. The van der Waals surface area contributed by atoms with Crippen LogP contribution in [0.1, 0.15) is 15.9 Å². The lowest BCUT2D eigenvalue weighted by atomic mass is 10.2. The van der Waals surface area contributed by atoms with Gasteiger partial charge >= 0.3 is 0 Å². The number of amides is 1. The van der Waals surface area contributed by atoms with Gasteiger partial charge < -0.3 is 9.88 Å². The van der Waals surface area contributed by atoms with Crippen LogP contribution in [0.15, 0.2) is 76.6 Å². The number of carbonyl (C=O) groups is 1. The Bertz CT molecular complexity index is 1000. The van der Waals surface area contributed by atoms with Crippen molar-refractivity contribution in [2.24, 2.45) is 0 Å². The van der Waals surface area contributed by atoms with E-state index < -0.39 is 11.5 Å². The van der Waals surface area contributed by atoms with E-state index in [0.29, 0.717) is 11.3 Å². The zero-order chi connectivity index (χ0) is 18.5. The fourth-order valence-corrected chi connectivity index (χ4v) is 3.00. The summed E-state index contributed by atoms with van der Waals surface area (Å²) < 4.78 is 15.2. The van der Waals surface area contributed by atoms with Crippen LogP contribution in [0.4, 0.5) is 10.1 Å². The summed E-state index contributed by atoms with van der Waals surface area (Å²) >= 11 is 1.56. The maximum atomic E-state index is 13.8. The molecule has 0 radical (unpaired) electrons. The van der Waals surface area contributed by atoms with Crippen molar-refractivity contribution in [2.75, 3.05) is 11.6 Å². The molecule has 0 unspecified atom stereocenters. The number of benzene rings is 2. The van der Waals surface area contributed by atoms with Gasteiger partial charge in [-0.1, -0.05) is 24.3 Å². The van der Waals surface area contributed by atoms with E-state index in [1.54, 1.807) is 48.3 Å². The summed E-state index contributed by atoms with van der Waals surface area (Å²) in [7, 11) is 0. The van der Waals surface area contributed by atoms with Crippen molar-refractivity contribution in [3.8, 4) is 0 Å². The van der Waals surface area contributed by atoms with E-state index in [4.69, 9.17) is 0 Å². The molecule has 2 aromatic carbocycles. The Morgan fingerprint density at radius 2 is 1.92 bits per heavy atom. The number of hydrogen-bond donors (Lipinski definition) is 1. The summed E-state index contributed by atoms with van der Waals surface area (Å²) in [6.45, 7) is 0.0641. The molecule has 0 aliphatic carbocycles. The number of hydrogen-bond acceptors (Lipinski definition) is 3. The highest BCUT2D eigenvalue weighted by atomic mass is 32.2. The Kier molecular flexibility index (Phi) is 5.53. The van der Waals surface area contributed by atoms with Gasteiger partial charge in [-0.3, -0.25) is 9.59 Å².